The largest absolute Gasteiger partial charge is 0.293 e. The van der Waals surface area contributed by atoms with E-state index >= 15 is 0 Å². The highest BCUT2D eigenvalue weighted by Gasteiger charge is 2.18. The van der Waals surface area contributed by atoms with Gasteiger partial charge >= 0.3 is 0 Å². The highest BCUT2D eigenvalue weighted by atomic mass is 35.5. The molecule has 0 fully saturated rings. The van der Waals surface area contributed by atoms with Crippen molar-refractivity contribution in [3.8, 4) is 0 Å². The summed E-state index contributed by atoms with van der Waals surface area (Å²) in [7, 11) is 1.81. The van der Waals surface area contributed by atoms with E-state index in [9.17, 15) is 9.18 Å². The first-order valence-corrected chi connectivity index (χ1v) is 7.10. The molecule has 0 N–H and O–H groups in total. The Labute approximate surface area is 129 Å². The van der Waals surface area contributed by atoms with Crippen molar-refractivity contribution in [1.29, 1.82) is 0 Å². The van der Waals surface area contributed by atoms with Crippen molar-refractivity contribution in [3.63, 3.8) is 0 Å². The average molecular weight is 306 g/mol. The van der Waals surface area contributed by atoms with Crippen LogP contribution in [0, 0.1) is 5.82 Å². The maximum Gasteiger partial charge on any atom is 0.176 e. The topological polar surface area (TPSA) is 20.3 Å². The van der Waals surface area contributed by atoms with Gasteiger partial charge in [0.05, 0.1) is 6.54 Å². The molecule has 0 radical (unpaired) electrons. The first kappa shape index (κ1) is 15.7. The van der Waals surface area contributed by atoms with Gasteiger partial charge in [-0.25, -0.2) is 4.39 Å². The quantitative estimate of drug-likeness (QED) is 0.765. The standard InChI is InChI=1S/C17H17ClFNO/c1-12(15-5-3-4-6-16(15)19)20(2)11-17(21)13-7-9-14(18)10-8-13/h3-10,12H,11H2,1-2H3. The number of rotatable bonds is 5. The second kappa shape index (κ2) is 6.83. The second-order valence-corrected chi connectivity index (χ2v) is 5.48. The molecule has 2 rings (SSSR count). The molecule has 0 aliphatic rings. The van der Waals surface area contributed by atoms with Crippen molar-refractivity contribution in [1.82, 2.24) is 4.90 Å². The zero-order valence-electron chi connectivity index (χ0n) is 12.0. The third-order valence-corrected chi connectivity index (χ3v) is 3.83. The molecule has 0 saturated heterocycles. The minimum atomic E-state index is -0.254. The summed E-state index contributed by atoms with van der Waals surface area (Å²) >= 11 is 5.81. The zero-order valence-corrected chi connectivity index (χ0v) is 12.8. The summed E-state index contributed by atoms with van der Waals surface area (Å²) in [6, 6.07) is 13.2. The molecule has 0 heterocycles. The van der Waals surface area contributed by atoms with Crippen LogP contribution in [0.3, 0.4) is 0 Å². The molecule has 1 unspecified atom stereocenters. The summed E-state index contributed by atoms with van der Waals surface area (Å²) < 4.78 is 13.8. The number of Topliss-reactive ketones (excluding diaryl/α,β-unsaturated/α-hetero) is 1. The van der Waals surface area contributed by atoms with E-state index in [0.29, 0.717) is 16.1 Å². The van der Waals surface area contributed by atoms with Crippen LogP contribution in [-0.4, -0.2) is 24.3 Å². The number of halogens is 2. The Morgan fingerprint density at radius 3 is 2.43 bits per heavy atom. The average Bonchev–Trinajstić information content (AvgIpc) is 2.47. The maximum absolute atomic E-state index is 13.8. The number of carbonyl (C=O) groups excluding carboxylic acids is 1. The number of benzene rings is 2. The van der Waals surface area contributed by atoms with Crippen LogP contribution >= 0.6 is 11.6 Å². The fraction of sp³-hybridized carbons (Fsp3) is 0.235. The Morgan fingerprint density at radius 2 is 1.81 bits per heavy atom. The van der Waals surface area contributed by atoms with Gasteiger partial charge in [-0.2, -0.15) is 0 Å². The van der Waals surface area contributed by atoms with E-state index in [-0.39, 0.29) is 24.2 Å². The van der Waals surface area contributed by atoms with Crippen molar-refractivity contribution < 1.29 is 9.18 Å². The van der Waals surface area contributed by atoms with Crippen molar-refractivity contribution in [2.45, 2.75) is 13.0 Å². The van der Waals surface area contributed by atoms with Crippen LogP contribution in [-0.2, 0) is 0 Å². The number of carbonyl (C=O) groups is 1. The molecule has 0 aliphatic heterocycles. The minimum absolute atomic E-state index is 0.0163. The van der Waals surface area contributed by atoms with Crippen LogP contribution in [0.1, 0.15) is 28.9 Å². The smallest absolute Gasteiger partial charge is 0.176 e. The molecule has 0 bridgehead atoms. The molecule has 21 heavy (non-hydrogen) atoms. The number of likely N-dealkylation sites (N-methyl/N-ethyl adjacent to an activating group) is 1. The first-order chi connectivity index (χ1) is 9.99. The van der Waals surface area contributed by atoms with Crippen molar-refractivity contribution >= 4 is 17.4 Å². The first-order valence-electron chi connectivity index (χ1n) is 6.72. The zero-order chi connectivity index (χ0) is 15.4. The van der Waals surface area contributed by atoms with Gasteiger partial charge in [0.25, 0.3) is 0 Å². The van der Waals surface area contributed by atoms with Gasteiger partial charge in [0, 0.05) is 22.2 Å². The summed E-state index contributed by atoms with van der Waals surface area (Å²) in [5.41, 5.74) is 1.19. The summed E-state index contributed by atoms with van der Waals surface area (Å²) in [6.07, 6.45) is 0. The van der Waals surface area contributed by atoms with Gasteiger partial charge in [0.2, 0.25) is 0 Å². The van der Waals surface area contributed by atoms with Gasteiger partial charge in [-0.1, -0.05) is 29.8 Å². The highest BCUT2D eigenvalue weighted by molar-refractivity contribution is 6.30. The fourth-order valence-electron chi connectivity index (χ4n) is 2.14. The van der Waals surface area contributed by atoms with Crippen LogP contribution in [0.4, 0.5) is 4.39 Å². The fourth-order valence-corrected chi connectivity index (χ4v) is 2.27. The lowest BCUT2D eigenvalue weighted by molar-refractivity contribution is 0.0923. The lowest BCUT2D eigenvalue weighted by Gasteiger charge is -2.24. The Balaban J connectivity index is 2.07. The molecule has 0 amide bonds. The van der Waals surface area contributed by atoms with Crippen LogP contribution in [0.25, 0.3) is 0 Å². The number of hydrogen-bond donors (Lipinski definition) is 0. The van der Waals surface area contributed by atoms with E-state index in [1.807, 2.05) is 18.9 Å². The molecule has 2 nitrogen and oxygen atoms in total. The maximum atomic E-state index is 13.8. The van der Waals surface area contributed by atoms with Gasteiger partial charge in [0.1, 0.15) is 5.82 Å². The highest BCUT2D eigenvalue weighted by Crippen LogP contribution is 2.21. The van der Waals surface area contributed by atoms with E-state index in [1.54, 1.807) is 42.5 Å². The molecule has 110 valence electrons. The second-order valence-electron chi connectivity index (χ2n) is 5.04. The SMILES string of the molecule is CC(c1ccccc1F)N(C)CC(=O)c1ccc(Cl)cc1. The normalized spacial score (nSPS) is 12.4. The molecule has 2 aromatic carbocycles. The van der Waals surface area contributed by atoms with Crippen LogP contribution < -0.4 is 0 Å². The molecule has 0 saturated carbocycles. The third kappa shape index (κ3) is 3.90. The molecular formula is C17H17ClFNO. The molecule has 0 aliphatic carbocycles. The van der Waals surface area contributed by atoms with Gasteiger partial charge in [-0.05, 0) is 44.3 Å². The number of ketones is 1. The number of nitrogens with zero attached hydrogens (tertiary/aromatic N) is 1. The monoisotopic (exact) mass is 305 g/mol. The molecular weight excluding hydrogens is 289 g/mol. The summed E-state index contributed by atoms with van der Waals surface area (Å²) in [5, 5.41) is 0.597. The lowest BCUT2D eigenvalue weighted by Crippen LogP contribution is -2.29. The van der Waals surface area contributed by atoms with E-state index in [0.717, 1.165) is 0 Å². The van der Waals surface area contributed by atoms with Gasteiger partial charge < -0.3 is 0 Å². The van der Waals surface area contributed by atoms with Gasteiger partial charge in [0.15, 0.2) is 5.78 Å². The summed E-state index contributed by atoms with van der Waals surface area (Å²) in [5.74, 6) is -0.270. The Bertz CT molecular complexity index is 627. The predicted molar refractivity (Wildman–Crippen MR) is 83.2 cm³/mol. The minimum Gasteiger partial charge on any atom is -0.293 e. The summed E-state index contributed by atoms with van der Waals surface area (Å²) in [6.45, 7) is 2.10. The van der Waals surface area contributed by atoms with Crippen molar-refractivity contribution in [2.24, 2.45) is 0 Å². The van der Waals surface area contributed by atoms with E-state index in [1.165, 1.54) is 6.07 Å². The van der Waals surface area contributed by atoms with E-state index in [2.05, 4.69) is 0 Å². The van der Waals surface area contributed by atoms with Crippen LogP contribution in [0.5, 0.6) is 0 Å². The van der Waals surface area contributed by atoms with Gasteiger partial charge in [-0.3, -0.25) is 9.69 Å². The van der Waals surface area contributed by atoms with Crippen LogP contribution in [0.15, 0.2) is 48.5 Å². The van der Waals surface area contributed by atoms with E-state index < -0.39 is 0 Å². The van der Waals surface area contributed by atoms with Gasteiger partial charge in [-0.15, -0.1) is 0 Å². The Kier molecular flexibility index (Phi) is 5.10. The van der Waals surface area contributed by atoms with Crippen molar-refractivity contribution in [2.75, 3.05) is 13.6 Å². The molecule has 0 aromatic heterocycles. The molecule has 2 aromatic rings. The molecule has 4 heteroatoms. The summed E-state index contributed by atoms with van der Waals surface area (Å²) in [4.78, 5) is 14.0. The predicted octanol–water partition coefficient (Wildman–Crippen LogP) is 4.35. The third-order valence-electron chi connectivity index (χ3n) is 3.58. The molecule has 0 spiro atoms. The van der Waals surface area contributed by atoms with E-state index in [4.69, 9.17) is 11.6 Å². The lowest BCUT2D eigenvalue weighted by atomic mass is 10.1. The van der Waals surface area contributed by atoms with Crippen LogP contribution in [0.2, 0.25) is 5.02 Å². The Hall–Kier alpha value is -1.71. The van der Waals surface area contributed by atoms with Crippen molar-refractivity contribution in [3.05, 3.63) is 70.5 Å². The molecule has 1 atom stereocenters. The Morgan fingerprint density at radius 1 is 1.19 bits per heavy atom. The number of hydrogen-bond acceptors (Lipinski definition) is 2.